The quantitative estimate of drug-likeness (QED) is 0.793. The number of benzene rings is 1. The van der Waals surface area contributed by atoms with E-state index < -0.39 is 6.23 Å². The summed E-state index contributed by atoms with van der Waals surface area (Å²) in [5.74, 6) is -0.169. The molecule has 3 nitrogen and oxygen atoms in total. The second kappa shape index (κ2) is 4.66. The van der Waals surface area contributed by atoms with Gasteiger partial charge >= 0.3 is 0 Å². The molecule has 0 aromatic heterocycles. The Balaban J connectivity index is 2.14. The number of rotatable bonds is 2. The van der Waals surface area contributed by atoms with Crippen molar-refractivity contribution in [2.75, 3.05) is 0 Å². The van der Waals surface area contributed by atoms with Gasteiger partial charge in [0.2, 0.25) is 5.91 Å². The van der Waals surface area contributed by atoms with Crippen molar-refractivity contribution in [3.8, 4) is 0 Å². The standard InChI is InChI=1S/C13H17NO2/c1-2-9-3-5-10(6-4-9)11-7-8-12(15)14-13(11)16/h3-6,11-12,15H,2,7-8H2,1H3,(H,14,16). The molecule has 0 radical (unpaired) electrons. The van der Waals surface area contributed by atoms with Crippen molar-refractivity contribution in [3.63, 3.8) is 0 Å². The third-order valence-electron chi connectivity index (χ3n) is 3.14. The maximum Gasteiger partial charge on any atom is 0.229 e. The average Bonchev–Trinajstić information content (AvgIpc) is 2.29. The molecule has 86 valence electrons. The lowest BCUT2D eigenvalue weighted by molar-refractivity contribution is -0.128. The number of hydrogen-bond acceptors (Lipinski definition) is 2. The van der Waals surface area contributed by atoms with Gasteiger partial charge in [0.1, 0.15) is 6.23 Å². The summed E-state index contributed by atoms with van der Waals surface area (Å²) in [6.07, 6.45) is 1.69. The van der Waals surface area contributed by atoms with Gasteiger partial charge in [-0.25, -0.2) is 0 Å². The van der Waals surface area contributed by atoms with E-state index in [2.05, 4.69) is 24.4 Å². The van der Waals surface area contributed by atoms with Gasteiger partial charge in [0.05, 0.1) is 5.92 Å². The van der Waals surface area contributed by atoms with Crippen molar-refractivity contribution in [2.24, 2.45) is 0 Å². The Labute approximate surface area is 95.5 Å². The zero-order valence-corrected chi connectivity index (χ0v) is 9.44. The first kappa shape index (κ1) is 11.1. The highest BCUT2D eigenvalue weighted by molar-refractivity contribution is 5.84. The fraction of sp³-hybridized carbons (Fsp3) is 0.462. The van der Waals surface area contributed by atoms with Crippen LogP contribution in [0.2, 0.25) is 0 Å². The fourth-order valence-corrected chi connectivity index (χ4v) is 2.10. The normalized spacial score (nSPS) is 25.2. The minimum Gasteiger partial charge on any atom is -0.374 e. The van der Waals surface area contributed by atoms with Crippen LogP contribution in [0.5, 0.6) is 0 Å². The third kappa shape index (κ3) is 2.25. The number of nitrogens with one attached hydrogen (secondary N) is 1. The molecule has 2 atom stereocenters. The van der Waals surface area contributed by atoms with Crippen LogP contribution < -0.4 is 5.32 Å². The van der Waals surface area contributed by atoms with Crippen molar-refractivity contribution in [3.05, 3.63) is 35.4 Å². The largest absolute Gasteiger partial charge is 0.374 e. The third-order valence-corrected chi connectivity index (χ3v) is 3.14. The number of aliphatic hydroxyl groups excluding tert-OH is 1. The summed E-state index contributed by atoms with van der Waals surface area (Å²) in [6, 6.07) is 8.16. The van der Waals surface area contributed by atoms with Crippen molar-refractivity contribution >= 4 is 5.91 Å². The number of carbonyl (C=O) groups is 1. The molecular weight excluding hydrogens is 202 g/mol. The van der Waals surface area contributed by atoms with Crippen LogP contribution in [-0.4, -0.2) is 17.2 Å². The number of hydrogen-bond donors (Lipinski definition) is 2. The second-order valence-electron chi connectivity index (χ2n) is 4.25. The zero-order valence-electron chi connectivity index (χ0n) is 9.44. The van der Waals surface area contributed by atoms with E-state index in [1.165, 1.54) is 5.56 Å². The van der Waals surface area contributed by atoms with Crippen LogP contribution in [0.25, 0.3) is 0 Å². The van der Waals surface area contributed by atoms with E-state index >= 15 is 0 Å². The molecule has 2 rings (SSSR count). The first-order valence-corrected chi connectivity index (χ1v) is 5.78. The second-order valence-corrected chi connectivity index (χ2v) is 4.25. The Bertz CT molecular complexity index is 372. The molecule has 3 heteroatoms. The first-order chi connectivity index (χ1) is 7.70. The lowest BCUT2D eigenvalue weighted by atomic mass is 9.89. The van der Waals surface area contributed by atoms with Crippen molar-refractivity contribution in [1.82, 2.24) is 5.32 Å². The summed E-state index contributed by atoms with van der Waals surface area (Å²) >= 11 is 0. The van der Waals surface area contributed by atoms with Gasteiger partial charge in [-0.1, -0.05) is 31.2 Å². The van der Waals surface area contributed by atoms with E-state index in [1.807, 2.05) is 12.1 Å². The Hall–Kier alpha value is -1.35. The highest BCUT2D eigenvalue weighted by Crippen LogP contribution is 2.25. The molecule has 1 saturated heterocycles. The molecule has 1 heterocycles. The van der Waals surface area contributed by atoms with Crippen LogP contribution in [-0.2, 0) is 11.2 Å². The SMILES string of the molecule is CCc1ccc(C2CCC(O)NC2=O)cc1. The van der Waals surface area contributed by atoms with Gasteiger partial charge in [0.25, 0.3) is 0 Å². The maximum atomic E-state index is 11.7. The summed E-state index contributed by atoms with van der Waals surface area (Å²) in [4.78, 5) is 11.7. The molecule has 1 amide bonds. The van der Waals surface area contributed by atoms with Crippen molar-refractivity contribution in [2.45, 2.75) is 38.3 Å². The molecule has 0 bridgehead atoms. The molecule has 0 spiro atoms. The zero-order chi connectivity index (χ0) is 11.5. The highest BCUT2D eigenvalue weighted by atomic mass is 16.3. The molecule has 1 aromatic carbocycles. The van der Waals surface area contributed by atoms with E-state index in [-0.39, 0.29) is 11.8 Å². The van der Waals surface area contributed by atoms with Gasteiger partial charge in [-0.15, -0.1) is 0 Å². The van der Waals surface area contributed by atoms with E-state index in [9.17, 15) is 9.90 Å². The van der Waals surface area contributed by atoms with Gasteiger partial charge < -0.3 is 10.4 Å². The molecular formula is C13H17NO2. The summed E-state index contributed by atoms with van der Waals surface area (Å²) in [6.45, 7) is 2.11. The Morgan fingerprint density at radius 3 is 2.56 bits per heavy atom. The number of carbonyl (C=O) groups excluding carboxylic acids is 1. The Morgan fingerprint density at radius 1 is 1.31 bits per heavy atom. The van der Waals surface area contributed by atoms with E-state index in [0.29, 0.717) is 6.42 Å². The number of aliphatic hydroxyl groups is 1. The highest BCUT2D eigenvalue weighted by Gasteiger charge is 2.27. The number of aryl methyl sites for hydroxylation is 1. The van der Waals surface area contributed by atoms with Gasteiger partial charge in [-0.05, 0) is 30.4 Å². The van der Waals surface area contributed by atoms with E-state index in [0.717, 1.165) is 18.4 Å². The van der Waals surface area contributed by atoms with Gasteiger partial charge in [0, 0.05) is 0 Å². The monoisotopic (exact) mass is 219 g/mol. The Kier molecular flexibility index (Phi) is 3.25. The van der Waals surface area contributed by atoms with Crippen LogP contribution in [0, 0.1) is 0 Å². The number of piperidine rings is 1. The van der Waals surface area contributed by atoms with Gasteiger partial charge in [-0.2, -0.15) is 0 Å². The predicted octanol–water partition coefficient (Wildman–Crippen LogP) is 1.56. The molecule has 0 aliphatic carbocycles. The van der Waals surface area contributed by atoms with Crippen molar-refractivity contribution in [1.29, 1.82) is 0 Å². The topological polar surface area (TPSA) is 49.3 Å². The maximum absolute atomic E-state index is 11.7. The van der Waals surface area contributed by atoms with Crippen LogP contribution in [0.4, 0.5) is 0 Å². The minimum atomic E-state index is -0.668. The molecule has 2 N–H and O–H groups in total. The lowest BCUT2D eigenvalue weighted by Crippen LogP contribution is -2.42. The summed E-state index contributed by atoms with van der Waals surface area (Å²) in [5.41, 5.74) is 2.32. The summed E-state index contributed by atoms with van der Waals surface area (Å²) in [7, 11) is 0. The molecule has 1 aliphatic heterocycles. The molecule has 1 aliphatic rings. The van der Waals surface area contributed by atoms with Crippen LogP contribution in [0.1, 0.15) is 36.8 Å². The lowest BCUT2D eigenvalue weighted by Gasteiger charge is -2.26. The minimum absolute atomic E-state index is 0.0667. The molecule has 1 aromatic rings. The van der Waals surface area contributed by atoms with E-state index in [4.69, 9.17) is 0 Å². The molecule has 16 heavy (non-hydrogen) atoms. The van der Waals surface area contributed by atoms with Crippen molar-refractivity contribution < 1.29 is 9.90 Å². The summed E-state index contributed by atoms with van der Waals surface area (Å²) in [5, 5.41) is 11.9. The van der Waals surface area contributed by atoms with Gasteiger partial charge in [-0.3, -0.25) is 4.79 Å². The predicted molar refractivity (Wildman–Crippen MR) is 61.9 cm³/mol. The van der Waals surface area contributed by atoms with Crippen LogP contribution in [0.15, 0.2) is 24.3 Å². The van der Waals surface area contributed by atoms with Gasteiger partial charge in [0.15, 0.2) is 0 Å². The average molecular weight is 219 g/mol. The van der Waals surface area contributed by atoms with E-state index in [1.54, 1.807) is 0 Å². The fourth-order valence-electron chi connectivity index (χ4n) is 2.10. The van der Waals surface area contributed by atoms with Crippen LogP contribution in [0.3, 0.4) is 0 Å². The first-order valence-electron chi connectivity index (χ1n) is 5.78. The number of amides is 1. The Morgan fingerprint density at radius 2 is 2.00 bits per heavy atom. The molecule has 0 saturated carbocycles. The van der Waals surface area contributed by atoms with Crippen LogP contribution >= 0.6 is 0 Å². The smallest absolute Gasteiger partial charge is 0.229 e. The summed E-state index contributed by atoms with van der Waals surface area (Å²) < 4.78 is 0. The molecule has 2 unspecified atom stereocenters. The molecule has 1 fully saturated rings.